The van der Waals surface area contributed by atoms with E-state index in [2.05, 4.69) is 11.1 Å². The van der Waals surface area contributed by atoms with Crippen molar-refractivity contribution < 1.29 is 9.31 Å². The first-order chi connectivity index (χ1) is 9.25. The Morgan fingerprint density at radius 3 is 2.35 bits per heavy atom. The molecule has 0 aliphatic carbocycles. The number of aromatic nitrogens is 1. The molecule has 0 spiro atoms. The van der Waals surface area contributed by atoms with E-state index in [1.165, 1.54) is 0 Å². The molecule has 20 heavy (non-hydrogen) atoms. The zero-order valence-corrected chi connectivity index (χ0v) is 12.9. The number of aryl methyl sites for hydroxylation is 2. The van der Waals surface area contributed by atoms with Crippen LogP contribution in [0.15, 0.2) is 12.1 Å². The maximum atomic E-state index is 8.70. The van der Waals surface area contributed by atoms with Crippen molar-refractivity contribution in [3.63, 3.8) is 0 Å². The number of hydrogen-bond acceptors (Lipinski definition) is 4. The summed E-state index contributed by atoms with van der Waals surface area (Å²) in [6, 6.07) is 6.15. The van der Waals surface area contributed by atoms with E-state index < -0.39 is 7.12 Å². The van der Waals surface area contributed by atoms with Gasteiger partial charge in [-0.3, -0.25) is 4.98 Å². The third-order valence-electron chi connectivity index (χ3n) is 4.05. The molecule has 1 aromatic rings. The third kappa shape index (κ3) is 2.87. The predicted molar refractivity (Wildman–Crippen MR) is 78.6 cm³/mol. The van der Waals surface area contributed by atoms with Crippen LogP contribution in [-0.2, 0) is 15.7 Å². The van der Waals surface area contributed by atoms with Gasteiger partial charge in [0.2, 0.25) is 0 Å². The van der Waals surface area contributed by atoms with Crippen molar-refractivity contribution >= 4 is 12.7 Å². The highest BCUT2D eigenvalue weighted by Gasteiger charge is 2.52. The van der Waals surface area contributed by atoms with Gasteiger partial charge in [0.1, 0.15) is 0 Å². The van der Waals surface area contributed by atoms with E-state index in [4.69, 9.17) is 14.6 Å². The molecule has 0 bridgehead atoms. The number of nitrogens with zero attached hydrogens (tertiary/aromatic N) is 2. The van der Waals surface area contributed by atoms with Gasteiger partial charge >= 0.3 is 7.12 Å². The van der Waals surface area contributed by atoms with Crippen molar-refractivity contribution in [1.82, 2.24) is 4.98 Å². The quantitative estimate of drug-likeness (QED) is 0.791. The van der Waals surface area contributed by atoms with Gasteiger partial charge in [0.05, 0.1) is 22.9 Å². The second-order valence-electron chi connectivity index (χ2n) is 6.29. The molecule has 0 amide bonds. The molecule has 0 saturated carbocycles. The second kappa shape index (κ2) is 5.19. The smallest absolute Gasteiger partial charge is 0.398 e. The van der Waals surface area contributed by atoms with Gasteiger partial charge in [-0.15, -0.1) is 0 Å². The molecule has 0 atom stereocenters. The van der Waals surface area contributed by atoms with Crippen LogP contribution in [0.4, 0.5) is 0 Å². The van der Waals surface area contributed by atoms with Crippen LogP contribution in [0.1, 0.15) is 45.4 Å². The number of pyridine rings is 1. The molecule has 4 nitrogen and oxygen atoms in total. The van der Waals surface area contributed by atoms with Crippen LogP contribution in [0.3, 0.4) is 0 Å². The van der Waals surface area contributed by atoms with E-state index in [1.54, 1.807) is 0 Å². The van der Waals surface area contributed by atoms with Crippen molar-refractivity contribution in [2.75, 3.05) is 0 Å². The Morgan fingerprint density at radius 1 is 1.20 bits per heavy atom. The van der Waals surface area contributed by atoms with E-state index in [9.17, 15) is 0 Å². The maximum Gasteiger partial charge on any atom is 0.514 e. The van der Waals surface area contributed by atoms with Crippen molar-refractivity contribution in [2.24, 2.45) is 0 Å². The molecular weight excluding hydrogens is 251 g/mol. The van der Waals surface area contributed by atoms with Crippen molar-refractivity contribution in [1.29, 1.82) is 5.26 Å². The van der Waals surface area contributed by atoms with Gasteiger partial charge in [-0.2, -0.15) is 5.26 Å². The molecule has 106 valence electrons. The normalized spacial score (nSPS) is 19.9. The lowest BCUT2D eigenvalue weighted by Gasteiger charge is -2.32. The Bertz CT molecular complexity index is 533. The topological polar surface area (TPSA) is 55.1 Å². The molecule has 1 aromatic heterocycles. The summed E-state index contributed by atoms with van der Waals surface area (Å²) in [5, 5.41) is 8.70. The largest absolute Gasteiger partial charge is 0.514 e. The first-order valence-corrected chi connectivity index (χ1v) is 6.95. The average molecular weight is 272 g/mol. The van der Waals surface area contributed by atoms with Crippen LogP contribution in [0.25, 0.3) is 0 Å². The predicted octanol–water partition coefficient (Wildman–Crippen LogP) is 2.15. The van der Waals surface area contributed by atoms with Crippen LogP contribution in [0, 0.1) is 18.3 Å². The lowest BCUT2D eigenvalue weighted by atomic mass is 9.83. The Hall–Kier alpha value is -1.38. The lowest BCUT2D eigenvalue weighted by Crippen LogP contribution is -2.41. The van der Waals surface area contributed by atoms with Gasteiger partial charge in [0.25, 0.3) is 0 Å². The van der Waals surface area contributed by atoms with Gasteiger partial charge < -0.3 is 9.31 Å². The number of rotatable bonds is 3. The molecule has 0 aromatic carbocycles. The van der Waals surface area contributed by atoms with E-state index in [0.29, 0.717) is 6.42 Å². The minimum atomic E-state index is -0.444. The van der Waals surface area contributed by atoms with Crippen LogP contribution < -0.4 is 5.59 Å². The Balaban J connectivity index is 2.26. The molecule has 1 aliphatic rings. The summed E-state index contributed by atoms with van der Waals surface area (Å²) in [7, 11) is -0.444. The van der Waals surface area contributed by atoms with Gasteiger partial charge in [-0.05, 0) is 58.7 Å². The van der Waals surface area contributed by atoms with E-state index in [0.717, 1.165) is 23.3 Å². The monoisotopic (exact) mass is 272 g/mol. The van der Waals surface area contributed by atoms with Crippen molar-refractivity contribution in [3.8, 4) is 6.07 Å². The fourth-order valence-corrected chi connectivity index (χ4v) is 2.20. The van der Waals surface area contributed by atoms with Crippen LogP contribution in [-0.4, -0.2) is 23.3 Å². The van der Waals surface area contributed by atoms with Crippen LogP contribution >= 0.6 is 0 Å². The number of nitriles is 1. The highest BCUT2D eigenvalue weighted by atomic mass is 16.7. The molecule has 2 heterocycles. The molecule has 0 N–H and O–H groups in total. The zero-order chi connectivity index (χ0) is 15.0. The average Bonchev–Trinajstić information content (AvgIpc) is 2.55. The molecule has 1 saturated heterocycles. The summed E-state index contributed by atoms with van der Waals surface area (Å²) in [6.07, 6.45) is 1.23. The lowest BCUT2D eigenvalue weighted by molar-refractivity contribution is 0.00578. The molecule has 2 rings (SSSR count). The van der Waals surface area contributed by atoms with Crippen LogP contribution in [0.2, 0.25) is 0 Å². The van der Waals surface area contributed by atoms with Gasteiger partial charge in [0, 0.05) is 12.1 Å². The minimum absolute atomic E-state index is 0.365. The van der Waals surface area contributed by atoms with Crippen molar-refractivity contribution in [2.45, 2.75) is 58.7 Å². The van der Waals surface area contributed by atoms with Gasteiger partial charge in [0.15, 0.2) is 0 Å². The molecule has 1 aliphatic heterocycles. The second-order valence-corrected chi connectivity index (χ2v) is 6.29. The summed E-state index contributed by atoms with van der Waals surface area (Å²) < 4.78 is 12.0. The molecule has 5 heteroatoms. The highest BCUT2D eigenvalue weighted by Crippen LogP contribution is 2.36. The summed E-state index contributed by atoms with van der Waals surface area (Å²) in [6.45, 7) is 10.1. The molecule has 1 fully saturated rings. The Labute approximate surface area is 121 Å². The zero-order valence-electron chi connectivity index (χ0n) is 12.9. The summed E-state index contributed by atoms with van der Waals surface area (Å²) in [5.74, 6) is 0. The SMILES string of the molecule is Cc1cc(CCC#N)cc(B2OC(C)(C)C(C)(C)O2)n1. The fraction of sp³-hybridized carbons (Fsp3) is 0.600. The van der Waals surface area contributed by atoms with Gasteiger partial charge in [-0.1, -0.05) is 0 Å². The van der Waals surface area contributed by atoms with E-state index in [1.807, 2.05) is 46.8 Å². The van der Waals surface area contributed by atoms with E-state index >= 15 is 0 Å². The first kappa shape index (κ1) is 15.0. The maximum absolute atomic E-state index is 8.70. The standard InChI is InChI=1S/C15H21BN2O2/c1-11-9-12(7-6-8-17)10-13(18-11)16-19-14(2,3)15(4,5)20-16/h9-10H,6-7H2,1-5H3. The highest BCUT2D eigenvalue weighted by molar-refractivity contribution is 6.61. The Kier molecular flexibility index (Phi) is 3.90. The Morgan fingerprint density at radius 2 is 1.80 bits per heavy atom. The molecular formula is C15H21BN2O2. The minimum Gasteiger partial charge on any atom is -0.398 e. The fourth-order valence-electron chi connectivity index (χ4n) is 2.20. The van der Waals surface area contributed by atoms with Crippen molar-refractivity contribution in [3.05, 3.63) is 23.4 Å². The summed E-state index contributed by atoms with van der Waals surface area (Å²) >= 11 is 0. The third-order valence-corrected chi connectivity index (χ3v) is 4.05. The molecule has 0 radical (unpaired) electrons. The van der Waals surface area contributed by atoms with Gasteiger partial charge in [-0.25, -0.2) is 0 Å². The summed E-state index contributed by atoms with van der Waals surface area (Å²) in [5.41, 5.74) is 2.08. The van der Waals surface area contributed by atoms with Crippen LogP contribution in [0.5, 0.6) is 0 Å². The first-order valence-electron chi connectivity index (χ1n) is 6.95. The summed E-state index contributed by atoms with van der Waals surface area (Å²) in [4.78, 5) is 4.52. The van der Waals surface area contributed by atoms with E-state index in [-0.39, 0.29) is 11.2 Å². The number of hydrogen-bond donors (Lipinski definition) is 0. The molecule has 0 unspecified atom stereocenters.